The van der Waals surface area contributed by atoms with Gasteiger partial charge in [0.1, 0.15) is 0 Å². The van der Waals surface area contributed by atoms with E-state index in [9.17, 15) is 4.79 Å². The second-order valence-corrected chi connectivity index (χ2v) is 5.03. The standard InChI is InChI=1S/C14H18N2O/c17-14(11-5-6-15-8-11)16-9-12-7-10-3-1-2-4-13(10)12/h1-4,11-12,15H,5-9H2,(H,16,17). The average molecular weight is 230 g/mol. The first kappa shape index (κ1) is 10.8. The van der Waals surface area contributed by atoms with Gasteiger partial charge >= 0.3 is 0 Å². The zero-order valence-corrected chi connectivity index (χ0v) is 9.91. The summed E-state index contributed by atoms with van der Waals surface area (Å²) in [5.41, 5.74) is 2.85. The van der Waals surface area contributed by atoms with Gasteiger partial charge in [0.25, 0.3) is 0 Å². The normalized spacial score (nSPS) is 26.1. The molecule has 90 valence electrons. The quantitative estimate of drug-likeness (QED) is 0.815. The first-order valence-electron chi connectivity index (χ1n) is 6.41. The Labute approximate surface area is 102 Å². The number of hydrogen-bond donors (Lipinski definition) is 2. The molecule has 1 aromatic carbocycles. The molecule has 0 aromatic heterocycles. The van der Waals surface area contributed by atoms with E-state index in [1.54, 1.807) is 0 Å². The molecule has 2 aliphatic rings. The Kier molecular flexibility index (Phi) is 2.85. The number of hydrogen-bond acceptors (Lipinski definition) is 2. The zero-order chi connectivity index (χ0) is 11.7. The van der Waals surface area contributed by atoms with Crippen molar-refractivity contribution in [3.8, 4) is 0 Å². The monoisotopic (exact) mass is 230 g/mol. The number of nitrogens with one attached hydrogen (secondary N) is 2. The van der Waals surface area contributed by atoms with Crippen LogP contribution in [0.1, 0.15) is 23.5 Å². The van der Waals surface area contributed by atoms with E-state index in [1.165, 1.54) is 11.1 Å². The maximum Gasteiger partial charge on any atom is 0.224 e. The van der Waals surface area contributed by atoms with Gasteiger partial charge in [0.2, 0.25) is 5.91 Å². The van der Waals surface area contributed by atoms with Crippen molar-refractivity contribution in [3.63, 3.8) is 0 Å². The Bertz CT molecular complexity index is 424. The number of rotatable bonds is 3. The summed E-state index contributed by atoms with van der Waals surface area (Å²) in [6, 6.07) is 8.51. The fourth-order valence-electron chi connectivity index (χ4n) is 2.79. The molecule has 2 N–H and O–H groups in total. The minimum absolute atomic E-state index is 0.185. The Morgan fingerprint density at radius 1 is 1.41 bits per heavy atom. The zero-order valence-electron chi connectivity index (χ0n) is 9.91. The molecule has 1 amide bonds. The van der Waals surface area contributed by atoms with Crippen LogP contribution in [0.25, 0.3) is 0 Å². The molecule has 3 heteroatoms. The molecule has 1 aliphatic carbocycles. The van der Waals surface area contributed by atoms with Crippen LogP contribution in [-0.2, 0) is 11.2 Å². The number of carbonyl (C=O) groups excluding carboxylic acids is 1. The third-order valence-electron chi connectivity index (χ3n) is 3.92. The Hall–Kier alpha value is -1.35. The molecule has 0 radical (unpaired) electrons. The molecular formula is C14H18N2O. The molecule has 0 bridgehead atoms. The maximum absolute atomic E-state index is 11.9. The van der Waals surface area contributed by atoms with E-state index in [4.69, 9.17) is 0 Å². The van der Waals surface area contributed by atoms with Gasteiger partial charge in [-0.25, -0.2) is 0 Å². The van der Waals surface area contributed by atoms with Crippen molar-refractivity contribution in [2.75, 3.05) is 19.6 Å². The van der Waals surface area contributed by atoms with Crippen LogP contribution >= 0.6 is 0 Å². The molecule has 1 aromatic rings. The van der Waals surface area contributed by atoms with Gasteiger partial charge in [-0.05, 0) is 30.5 Å². The van der Waals surface area contributed by atoms with Crippen LogP contribution in [0, 0.1) is 5.92 Å². The lowest BCUT2D eigenvalue weighted by Gasteiger charge is -2.30. The summed E-state index contributed by atoms with van der Waals surface area (Å²) < 4.78 is 0. The highest BCUT2D eigenvalue weighted by molar-refractivity contribution is 5.79. The molecule has 3 rings (SSSR count). The SMILES string of the molecule is O=C(NCC1Cc2ccccc21)C1CCNC1. The smallest absolute Gasteiger partial charge is 0.224 e. The van der Waals surface area contributed by atoms with Crippen LogP contribution in [-0.4, -0.2) is 25.5 Å². The fourth-order valence-corrected chi connectivity index (χ4v) is 2.79. The summed E-state index contributed by atoms with van der Waals surface area (Å²) in [6.45, 7) is 2.61. The summed E-state index contributed by atoms with van der Waals surface area (Å²) in [4.78, 5) is 11.9. The van der Waals surface area contributed by atoms with Crippen LogP contribution < -0.4 is 10.6 Å². The van der Waals surface area contributed by atoms with Crippen molar-refractivity contribution in [1.82, 2.24) is 10.6 Å². The first-order valence-corrected chi connectivity index (χ1v) is 6.41. The van der Waals surface area contributed by atoms with E-state index < -0.39 is 0 Å². The molecule has 1 heterocycles. The van der Waals surface area contributed by atoms with E-state index in [0.717, 1.165) is 32.5 Å². The Morgan fingerprint density at radius 3 is 3.06 bits per heavy atom. The molecule has 2 atom stereocenters. The van der Waals surface area contributed by atoms with Gasteiger partial charge in [-0.1, -0.05) is 24.3 Å². The lowest BCUT2D eigenvalue weighted by Crippen LogP contribution is -2.37. The number of fused-ring (bicyclic) bond motifs is 1. The van der Waals surface area contributed by atoms with E-state index in [-0.39, 0.29) is 11.8 Å². The fraction of sp³-hybridized carbons (Fsp3) is 0.500. The van der Waals surface area contributed by atoms with Crippen molar-refractivity contribution in [2.24, 2.45) is 5.92 Å². The van der Waals surface area contributed by atoms with Gasteiger partial charge in [0.05, 0.1) is 5.92 Å². The van der Waals surface area contributed by atoms with Gasteiger partial charge < -0.3 is 10.6 Å². The summed E-state index contributed by atoms with van der Waals surface area (Å²) in [5, 5.41) is 6.31. The average Bonchev–Trinajstić information content (AvgIpc) is 2.83. The van der Waals surface area contributed by atoms with Gasteiger partial charge in [-0.2, -0.15) is 0 Å². The highest BCUT2D eigenvalue weighted by Gasteiger charge is 2.27. The molecule has 1 saturated heterocycles. The van der Waals surface area contributed by atoms with Gasteiger partial charge in [0, 0.05) is 19.0 Å². The van der Waals surface area contributed by atoms with Crippen LogP contribution in [0.5, 0.6) is 0 Å². The molecule has 1 aliphatic heterocycles. The summed E-state index contributed by atoms with van der Waals surface area (Å²) in [5.74, 6) is 0.939. The van der Waals surface area contributed by atoms with E-state index in [2.05, 4.69) is 34.9 Å². The van der Waals surface area contributed by atoms with Crippen molar-refractivity contribution in [1.29, 1.82) is 0 Å². The van der Waals surface area contributed by atoms with Gasteiger partial charge in [0.15, 0.2) is 0 Å². The van der Waals surface area contributed by atoms with E-state index in [0.29, 0.717) is 5.92 Å². The second-order valence-electron chi connectivity index (χ2n) is 5.03. The summed E-state index contributed by atoms with van der Waals surface area (Å²) in [7, 11) is 0. The summed E-state index contributed by atoms with van der Waals surface area (Å²) in [6.07, 6.45) is 2.09. The topological polar surface area (TPSA) is 41.1 Å². The van der Waals surface area contributed by atoms with Crippen molar-refractivity contribution >= 4 is 5.91 Å². The molecule has 17 heavy (non-hydrogen) atoms. The van der Waals surface area contributed by atoms with Gasteiger partial charge in [-0.3, -0.25) is 4.79 Å². The van der Waals surface area contributed by atoms with Crippen LogP contribution in [0.4, 0.5) is 0 Å². The van der Waals surface area contributed by atoms with Gasteiger partial charge in [-0.15, -0.1) is 0 Å². The van der Waals surface area contributed by atoms with E-state index >= 15 is 0 Å². The maximum atomic E-state index is 11.9. The number of amides is 1. The third kappa shape index (κ3) is 2.07. The van der Waals surface area contributed by atoms with Crippen LogP contribution in [0.15, 0.2) is 24.3 Å². The summed E-state index contributed by atoms with van der Waals surface area (Å²) >= 11 is 0. The Morgan fingerprint density at radius 2 is 2.29 bits per heavy atom. The first-order chi connectivity index (χ1) is 8.34. The third-order valence-corrected chi connectivity index (χ3v) is 3.92. The highest BCUT2D eigenvalue weighted by atomic mass is 16.1. The van der Waals surface area contributed by atoms with Crippen LogP contribution in [0.2, 0.25) is 0 Å². The lowest BCUT2D eigenvalue weighted by molar-refractivity contribution is -0.124. The van der Waals surface area contributed by atoms with E-state index in [1.807, 2.05) is 0 Å². The minimum Gasteiger partial charge on any atom is -0.355 e. The largest absolute Gasteiger partial charge is 0.355 e. The van der Waals surface area contributed by atoms with Crippen LogP contribution in [0.3, 0.4) is 0 Å². The highest BCUT2D eigenvalue weighted by Crippen LogP contribution is 2.34. The number of benzene rings is 1. The lowest BCUT2D eigenvalue weighted by atomic mass is 9.77. The predicted octanol–water partition coefficient (Wildman–Crippen LogP) is 1.05. The number of carbonyl (C=O) groups is 1. The second kappa shape index (κ2) is 4.49. The molecule has 0 saturated carbocycles. The molecule has 3 nitrogen and oxygen atoms in total. The predicted molar refractivity (Wildman–Crippen MR) is 66.9 cm³/mol. The minimum atomic E-state index is 0.185. The van der Waals surface area contributed by atoms with Crippen molar-refractivity contribution in [3.05, 3.63) is 35.4 Å². The Balaban J connectivity index is 1.51. The molecule has 0 spiro atoms. The van der Waals surface area contributed by atoms with Crippen molar-refractivity contribution < 1.29 is 4.79 Å². The molecule has 2 unspecified atom stereocenters. The molecule has 1 fully saturated rings. The molecular weight excluding hydrogens is 212 g/mol. The van der Waals surface area contributed by atoms with Crippen molar-refractivity contribution in [2.45, 2.75) is 18.8 Å².